The first-order valence-corrected chi connectivity index (χ1v) is 10.3. The number of carbonyl (C=O) groups is 1. The number of alkyl halides is 3. The van der Waals surface area contributed by atoms with Crippen LogP contribution >= 0.6 is 0 Å². The summed E-state index contributed by atoms with van der Waals surface area (Å²) in [5.74, 6) is 1.41. The molecule has 3 aromatic rings. The zero-order chi connectivity index (χ0) is 23.8. The summed E-state index contributed by atoms with van der Waals surface area (Å²) < 4.78 is 55.7. The van der Waals surface area contributed by atoms with Crippen LogP contribution in [-0.4, -0.2) is 28.9 Å². The Morgan fingerprint density at radius 2 is 1.67 bits per heavy atom. The zero-order valence-corrected chi connectivity index (χ0v) is 18.2. The third kappa shape index (κ3) is 6.90. The molecule has 0 aliphatic carbocycles. The smallest absolute Gasteiger partial charge is 0.435 e. The molecule has 1 heterocycles. The van der Waals surface area contributed by atoms with Crippen LogP contribution in [0.5, 0.6) is 17.2 Å². The summed E-state index contributed by atoms with van der Waals surface area (Å²) in [6, 6.07) is 13.1. The van der Waals surface area contributed by atoms with Gasteiger partial charge in [-0.3, -0.25) is 9.48 Å². The Bertz CT molecular complexity index is 1070. The Balaban J connectivity index is 1.53. The normalized spacial score (nSPS) is 11.2. The van der Waals surface area contributed by atoms with Crippen LogP contribution in [-0.2, 0) is 24.1 Å². The molecule has 2 aromatic carbocycles. The third-order valence-corrected chi connectivity index (χ3v) is 4.39. The average Bonchev–Trinajstić information content (AvgIpc) is 3.24. The lowest BCUT2D eigenvalue weighted by molar-refractivity contribution is -0.141. The lowest BCUT2D eigenvalue weighted by Gasteiger charge is -2.13. The number of hydrogen-bond donors (Lipinski definition) is 1. The predicted molar refractivity (Wildman–Crippen MR) is 115 cm³/mol. The lowest BCUT2D eigenvalue weighted by Crippen LogP contribution is -2.19. The van der Waals surface area contributed by atoms with Gasteiger partial charge in [0.05, 0.1) is 13.2 Å². The number of amides is 1. The zero-order valence-electron chi connectivity index (χ0n) is 18.2. The van der Waals surface area contributed by atoms with E-state index in [1.54, 1.807) is 24.3 Å². The van der Waals surface area contributed by atoms with Gasteiger partial charge in [-0.2, -0.15) is 18.3 Å². The third-order valence-electron chi connectivity index (χ3n) is 4.39. The molecule has 10 heteroatoms. The number of ether oxygens (including phenoxy) is 3. The second-order valence-electron chi connectivity index (χ2n) is 6.90. The van der Waals surface area contributed by atoms with Crippen molar-refractivity contribution in [3.63, 3.8) is 0 Å². The van der Waals surface area contributed by atoms with E-state index < -0.39 is 17.8 Å². The van der Waals surface area contributed by atoms with Crippen LogP contribution in [0.3, 0.4) is 0 Å². The summed E-state index contributed by atoms with van der Waals surface area (Å²) >= 11 is 0. The summed E-state index contributed by atoms with van der Waals surface area (Å²) in [4.78, 5) is 12.1. The van der Waals surface area contributed by atoms with Gasteiger partial charge in [-0.05, 0) is 61.9 Å². The maximum absolute atomic E-state index is 12.6. The van der Waals surface area contributed by atoms with Gasteiger partial charge in [0.1, 0.15) is 18.9 Å². The van der Waals surface area contributed by atoms with Crippen molar-refractivity contribution >= 4 is 11.6 Å². The van der Waals surface area contributed by atoms with Gasteiger partial charge in [-0.15, -0.1) is 0 Å². The van der Waals surface area contributed by atoms with Gasteiger partial charge in [0, 0.05) is 11.9 Å². The van der Waals surface area contributed by atoms with E-state index in [-0.39, 0.29) is 6.54 Å². The number of nitrogens with zero attached hydrogens (tertiary/aromatic N) is 2. The molecule has 0 fully saturated rings. The minimum atomic E-state index is -4.55. The molecular weight excluding hydrogens is 439 g/mol. The fourth-order valence-electron chi connectivity index (χ4n) is 2.94. The van der Waals surface area contributed by atoms with E-state index >= 15 is 0 Å². The Morgan fingerprint density at radius 1 is 0.970 bits per heavy atom. The van der Waals surface area contributed by atoms with Crippen molar-refractivity contribution in [2.45, 2.75) is 33.2 Å². The number of anilines is 1. The second kappa shape index (κ2) is 10.8. The summed E-state index contributed by atoms with van der Waals surface area (Å²) in [6.07, 6.45) is -3.44. The fourth-order valence-corrected chi connectivity index (χ4v) is 2.94. The molecule has 176 valence electrons. The quantitative estimate of drug-likeness (QED) is 0.462. The van der Waals surface area contributed by atoms with E-state index in [9.17, 15) is 18.0 Å². The van der Waals surface area contributed by atoms with E-state index in [4.69, 9.17) is 14.2 Å². The van der Waals surface area contributed by atoms with Gasteiger partial charge < -0.3 is 19.5 Å². The summed E-state index contributed by atoms with van der Waals surface area (Å²) in [5, 5.41) is 5.97. The van der Waals surface area contributed by atoms with Crippen molar-refractivity contribution in [2.75, 3.05) is 18.5 Å². The molecule has 1 aromatic heterocycles. The number of hydrogen-bond acceptors (Lipinski definition) is 5. The van der Waals surface area contributed by atoms with Crippen LogP contribution < -0.4 is 19.5 Å². The minimum Gasteiger partial charge on any atom is -0.490 e. The molecule has 0 aliphatic heterocycles. The molecule has 3 rings (SSSR count). The van der Waals surface area contributed by atoms with E-state index in [1.807, 2.05) is 32.0 Å². The summed E-state index contributed by atoms with van der Waals surface area (Å²) in [7, 11) is 0. The van der Waals surface area contributed by atoms with E-state index in [1.165, 1.54) is 0 Å². The molecule has 33 heavy (non-hydrogen) atoms. The monoisotopic (exact) mass is 463 g/mol. The Hall–Kier alpha value is -3.69. The largest absolute Gasteiger partial charge is 0.490 e. The molecule has 7 nitrogen and oxygen atoms in total. The highest BCUT2D eigenvalue weighted by Gasteiger charge is 2.33. The van der Waals surface area contributed by atoms with Crippen LogP contribution in [0.15, 0.2) is 54.7 Å². The molecule has 0 bridgehead atoms. The van der Waals surface area contributed by atoms with Crippen LogP contribution in [0, 0.1) is 0 Å². The van der Waals surface area contributed by atoms with Crippen LogP contribution in [0.2, 0.25) is 0 Å². The van der Waals surface area contributed by atoms with Gasteiger partial charge in [0.2, 0.25) is 5.91 Å². The SMILES string of the molecule is CCOc1ccc(COc2ccc(NC(=O)Cn3ccc(C(F)(F)F)n3)cc2)cc1OCC. The number of aromatic nitrogens is 2. The predicted octanol–water partition coefficient (Wildman–Crippen LogP) is 4.92. The highest BCUT2D eigenvalue weighted by atomic mass is 19.4. The molecule has 0 saturated heterocycles. The average molecular weight is 463 g/mol. The van der Waals surface area contributed by atoms with Crippen molar-refractivity contribution < 1.29 is 32.2 Å². The molecule has 0 unspecified atom stereocenters. The van der Waals surface area contributed by atoms with Crippen molar-refractivity contribution in [1.82, 2.24) is 9.78 Å². The number of benzene rings is 2. The highest BCUT2D eigenvalue weighted by Crippen LogP contribution is 2.29. The lowest BCUT2D eigenvalue weighted by atomic mass is 10.2. The van der Waals surface area contributed by atoms with Crippen LogP contribution in [0.4, 0.5) is 18.9 Å². The second-order valence-corrected chi connectivity index (χ2v) is 6.90. The first-order chi connectivity index (χ1) is 15.8. The molecule has 0 aliphatic rings. The standard InChI is InChI=1S/C23H24F3N3O4/c1-3-31-19-10-5-16(13-20(19)32-4-2)15-33-18-8-6-17(7-9-18)27-22(30)14-29-12-11-21(28-29)23(24,25)26/h5-13H,3-4,14-15H2,1-2H3,(H,27,30). The Kier molecular flexibility index (Phi) is 7.81. The molecule has 0 atom stereocenters. The van der Waals surface area contributed by atoms with E-state index in [2.05, 4.69) is 10.4 Å². The molecule has 0 radical (unpaired) electrons. The van der Waals surface area contributed by atoms with Gasteiger partial charge in [0.15, 0.2) is 17.2 Å². The van der Waals surface area contributed by atoms with E-state index in [0.29, 0.717) is 42.8 Å². The Labute approximate surface area is 189 Å². The fraction of sp³-hybridized carbons (Fsp3) is 0.304. The van der Waals surface area contributed by atoms with Crippen molar-refractivity contribution in [3.05, 3.63) is 66.0 Å². The number of nitrogens with one attached hydrogen (secondary N) is 1. The van der Waals surface area contributed by atoms with Crippen LogP contribution in [0.25, 0.3) is 0 Å². The van der Waals surface area contributed by atoms with Crippen molar-refractivity contribution in [2.24, 2.45) is 0 Å². The maximum Gasteiger partial charge on any atom is 0.435 e. The van der Waals surface area contributed by atoms with Crippen molar-refractivity contribution in [1.29, 1.82) is 0 Å². The number of carbonyl (C=O) groups excluding carboxylic acids is 1. The van der Waals surface area contributed by atoms with Crippen molar-refractivity contribution in [3.8, 4) is 17.2 Å². The van der Waals surface area contributed by atoms with Gasteiger partial charge >= 0.3 is 6.18 Å². The molecule has 1 N–H and O–H groups in total. The Morgan fingerprint density at radius 3 is 2.30 bits per heavy atom. The number of halogens is 3. The molecule has 0 saturated carbocycles. The highest BCUT2D eigenvalue weighted by molar-refractivity contribution is 5.90. The molecule has 1 amide bonds. The molecule has 0 spiro atoms. The van der Waals surface area contributed by atoms with E-state index in [0.717, 1.165) is 22.5 Å². The maximum atomic E-state index is 12.6. The van der Waals surface area contributed by atoms with Crippen LogP contribution in [0.1, 0.15) is 25.1 Å². The van der Waals surface area contributed by atoms with Gasteiger partial charge in [-0.1, -0.05) is 6.07 Å². The topological polar surface area (TPSA) is 74.6 Å². The van der Waals surface area contributed by atoms with Gasteiger partial charge in [0.25, 0.3) is 0 Å². The summed E-state index contributed by atoms with van der Waals surface area (Å²) in [5.41, 5.74) is 0.338. The molecular formula is C23H24F3N3O4. The number of rotatable bonds is 10. The minimum absolute atomic E-state index is 0.305. The van der Waals surface area contributed by atoms with Gasteiger partial charge in [-0.25, -0.2) is 0 Å². The first kappa shape index (κ1) is 24.0. The summed E-state index contributed by atoms with van der Waals surface area (Å²) in [6.45, 7) is 4.82. The first-order valence-electron chi connectivity index (χ1n) is 10.3.